The van der Waals surface area contributed by atoms with Crippen molar-refractivity contribution in [3.8, 4) is 5.88 Å². The first-order chi connectivity index (χ1) is 6.63. The van der Waals surface area contributed by atoms with Gasteiger partial charge in [0.25, 0.3) is 5.56 Å². The Bertz CT molecular complexity index is 472. The first-order valence-corrected chi connectivity index (χ1v) is 4.62. The van der Waals surface area contributed by atoms with Crippen LogP contribution < -0.4 is 16.0 Å². The Balaban J connectivity index is 2.59. The van der Waals surface area contributed by atoms with E-state index in [0.717, 1.165) is 11.0 Å². The zero-order valence-corrected chi connectivity index (χ0v) is 8.16. The molecule has 0 saturated heterocycles. The summed E-state index contributed by atoms with van der Waals surface area (Å²) in [5, 5.41) is 0. The first-order valence-electron chi connectivity index (χ1n) is 4.62. The monoisotopic (exact) mass is 196 g/mol. The number of nitrogens with one attached hydrogen (secondary N) is 1. The molecule has 1 atom stereocenters. The largest absolute Gasteiger partial charge is 0.475 e. The minimum absolute atomic E-state index is 0.0238. The Morgan fingerprint density at radius 1 is 1.57 bits per heavy atom. The van der Waals surface area contributed by atoms with Crippen LogP contribution in [-0.2, 0) is 13.5 Å². The summed E-state index contributed by atoms with van der Waals surface area (Å²) in [5.41, 5.74) is -0.0934. The number of rotatable bonds is 1. The molecule has 14 heavy (non-hydrogen) atoms. The molecule has 5 nitrogen and oxygen atoms in total. The van der Waals surface area contributed by atoms with Gasteiger partial charge in [-0.3, -0.25) is 14.3 Å². The van der Waals surface area contributed by atoms with Gasteiger partial charge in [-0.05, 0) is 6.42 Å². The summed E-state index contributed by atoms with van der Waals surface area (Å²) in [6.07, 6.45) is 1.45. The molecule has 0 fully saturated rings. The third kappa shape index (κ3) is 1.16. The van der Waals surface area contributed by atoms with Gasteiger partial charge in [-0.15, -0.1) is 0 Å². The Kier molecular flexibility index (Phi) is 1.94. The van der Waals surface area contributed by atoms with E-state index in [4.69, 9.17) is 4.74 Å². The molecule has 1 N–H and O–H groups in total. The van der Waals surface area contributed by atoms with Crippen molar-refractivity contribution in [1.29, 1.82) is 0 Å². The van der Waals surface area contributed by atoms with Crippen LogP contribution in [0.1, 0.15) is 18.9 Å². The topological polar surface area (TPSA) is 64.1 Å². The standard InChI is InChI=1S/C9H12N2O3/c1-3-5-4-6-7(14-5)10-9(13)11(2)8(6)12/h5H,3-4H2,1-2H3,(H,10,13). The average Bonchev–Trinajstić information content (AvgIpc) is 2.57. The fraction of sp³-hybridized carbons (Fsp3) is 0.556. The van der Waals surface area contributed by atoms with Crippen molar-refractivity contribution in [3.63, 3.8) is 0 Å². The van der Waals surface area contributed by atoms with Crippen LogP contribution in [0.25, 0.3) is 0 Å². The molecular formula is C9H12N2O3. The summed E-state index contributed by atoms with van der Waals surface area (Å²) >= 11 is 0. The van der Waals surface area contributed by atoms with Crippen molar-refractivity contribution >= 4 is 0 Å². The molecular weight excluding hydrogens is 184 g/mol. The van der Waals surface area contributed by atoms with Crippen molar-refractivity contribution in [2.24, 2.45) is 7.05 Å². The quantitative estimate of drug-likeness (QED) is 0.675. The number of aromatic amines is 1. The third-order valence-electron chi connectivity index (χ3n) is 2.53. The highest BCUT2D eigenvalue weighted by molar-refractivity contribution is 5.28. The van der Waals surface area contributed by atoms with Gasteiger partial charge in [0.15, 0.2) is 0 Å². The zero-order valence-electron chi connectivity index (χ0n) is 8.16. The van der Waals surface area contributed by atoms with Crippen LogP contribution in [-0.4, -0.2) is 15.7 Å². The van der Waals surface area contributed by atoms with E-state index in [1.807, 2.05) is 6.92 Å². The number of H-pyrrole nitrogens is 1. The number of nitrogens with zero attached hydrogens (tertiary/aromatic N) is 1. The van der Waals surface area contributed by atoms with E-state index in [1.165, 1.54) is 7.05 Å². The van der Waals surface area contributed by atoms with Crippen LogP contribution in [0.3, 0.4) is 0 Å². The van der Waals surface area contributed by atoms with Gasteiger partial charge in [-0.2, -0.15) is 0 Å². The predicted molar refractivity (Wildman–Crippen MR) is 50.7 cm³/mol. The fourth-order valence-corrected chi connectivity index (χ4v) is 1.59. The number of aromatic nitrogens is 2. The second-order valence-electron chi connectivity index (χ2n) is 3.45. The van der Waals surface area contributed by atoms with Gasteiger partial charge < -0.3 is 4.74 Å². The summed E-state index contributed by atoms with van der Waals surface area (Å²) in [5.74, 6) is 0.352. The van der Waals surface area contributed by atoms with Crippen LogP contribution in [0, 0.1) is 0 Å². The van der Waals surface area contributed by atoms with Crippen molar-refractivity contribution in [1.82, 2.24) is 9.55 Å². The second-order valence-corrected chi connectivity index (χ2v) is 3.45. The normalized spacial score (nSPS) is 19.1. The van der Waals surface area contributed by atoms with Gasteiger partial charge in [0.05, 0.1) is 5.56 Å². The summed E-state index contributed by atoms with van der Waals surface area (Å²) in [7, 11) is 1.46. The second kappa shape index (κ2) is 3.01. The number of ether oxygens (including phenoxy) is 1. The SMILES string of the molecule is CCC1Cc2c([nH]c(=O)n(C)c2=O)O1. The van der Waals surface area contributed by atoms with Gasteiger partial charge in [0.2, 0.25) is 5.88 Å². The Morgan fingerprint density at radius 2 is 2.29 bits per heavy atom. The first kappa shape index (κ1) is 9.05. The molecule has 1 aromatic rings. The summed E-state index contributed by atoms with van der Waals surface area (Å²) in [6, 6.07) is 0. The molecule has 0 bridgehead atoms. The highest BCUT2D eigenvalue weighted by Gasteiger charge is 2.26. The lowest BCUT2D eigenvalue weighted by Crippen LogP contribution is -2.33. The van der Waals surface area contributed by atoms with Gasteiger partial charge in [-0.1, -0.05) is 6.92 Å². The van der Waals surface area contributed by atoms with Crippen LogP contribution in [0.5, 0.6) is 5.88 Å². The molecule has 0 amide bonds. The molecule has 0 aromatic carbocycles. The van der Waals surface area contributed by atoms with Gasteiger partial charge in [-0.25, -0.2) is 4.79 Å². The smallest absolute Gasteiger partial charge is 0.330 e. The molecule has 0 saturated carbocycles. The zero-order chi connectivity index (χ0) is 10.3. The lowest BCUT2D eigenvalue weighted by atomic mass is 10.1. The van der Waals surface area contributed by atoms with Crippen molar-refractivity contribution in [3.05, 3.63) is 26.4 Å². The van der Waals surface area contributed by atoms with E-state index >= 15 is 0 Å². The van der Waals surface area contributed by atoms with Crippen LogP contribution in [0.15, 0.2) is 9.59 Å². The van der Waals surface area contributed by atoms with Crippen molar-refractivity contribution in [2.75, 3.05) is 0 Å². The molecule has 1 unspecified atom stereocenters. The highest BCUT2D eigenvalue weighted by Crippen LogP contribution is 2.22. The van der Waals surface area contributed by atoms with E-state index in [9.17, 15) is 9.59 Å². The fourth-order valence-electron chi connectivity index (χ4n) is 1.59. The van der Waals surface area contributed by atoms with Gasteiger partial charge >= 0.3 is 5.69 Å². The molecule has 0 radical (unpaired) electrons. The molecule has 0 spiro atoms. The summed E-state index contributed by atoms with van der Waals surface area (Å²) in [4.78, 5) is 25.4. The van der Waals surface area contributed by atoms with E-state index < -0.39 is 5.69 Å². The average molecular weight is 196 g/mol. The lowest BCUT2D eigenvalue weighted by molar-refractivity contribution is 0.220. The van der Waals surface area contributed by atoms with E-state index in [2.05, 4.69) is 4.98 Å². The highest BCUT2D eigenvalue weighted by atomic mass is 16.5. The van der Waals surface area contributed by atoms with E-state index in [-0.39, 0.29) is 11.7 Å². The molecule has 0 aliphatic carbocycles. The lowest BCUT2D eigenvalue weighted by Gasteiger charge is -2.05. The Labute approximate surface area is 80.3 Å². The summed E-state index contributed by atoms with van der Waals surface area (Å²) in [6.45, 7) is 1.99. The number of hydrogen-bond acceptors (Lipinski definition) is 3. The van der Waals surface area contributed by atoms with Crippen LogP contribution in [0.2, 0.25) is 0 Å². The van der Waals surface area contributed by atoms with Gasteiger partial charge in [0, 0.05) is 13.5 Å². The molecule has 76 valence electrons. The third-order valence-corrected chi connectivity index (χ3v) is 2.53. The van der Waals surface area contributed by atoms with E-state index in [1.54, 1.807) is 0 Å². The molecule has 1 aromatic heterocycles. The van der Waals surface area contributed by atoms with Crippen LogP contribution >= 0.6 is 0 Å². The number of hydrogen-bond donors (Lipinski definition) is 1. The minimum Gasteiger partial charge on any atom is -0.475 e. The predicted octanol–water partition coefficient (Wildman–Crippen LogP) is -0.213. The maximum Gasteiger partial charge on any atom is 0.330 e. The number of fused-ring (bicyclic) bond motifs is 1. The molecule has 5 heteroatoms. The van der Waals surface area contributed by atoms with Crippen molar-refractivity contribution < 1.29 is 4.74 Å². The minimum atomic E-state index is -0.425. The Hall–Kier alpha value is -1.52. The maximum absolute atomic E-state index is 11.6. The van der Waals surface area contributed by atoms with Crippen LogP contribution in [0.4, 0.5) is 0 Å². The molecule has 1 aliphatic rings. The van der Waals surface area contributed by atoms with Gasteiger partial charge in [0.1, 0.15) is 6.10 Å². The van der Waals surface area contributed by atoms with Crippen molar-refractivity contribution in [2.45, 2.75) is 25.9 Å². The molecule has 2 heterocycles. The van der Waals surface area contributed by atoms with E-state index in [0.29, 0.717) is 17.9 Å². The Morgan fingerprint density at radius 3 is 2.93 bits per heavy atom. The molecule has 2 rings (SSSR count). The molecule has 1 aliphatic heterocycles. The summed E-state index contributed by atoms with van der Waals surface area (Å²) < 4.78 is 6.47. The maximum atomic E-state index is 11.6.